The van der Waals surface area contributed by atoms with Crippen molar-refractivity contribution in [1.82, 2.24) is 9.46 Å². The molecule has 0 radical (unpaired) electrons. The molecule has 0 amide bonds. The molecule has 4 N–H and O–H groups in total. The molecule has 168 valence electrons. The van der Waals surface area contributed by atoms with Gasteiger partial charge in [-0.05, 0) is 37.6 Å². The van der Waals surface area contributed by atoms with Crippen LogP contribution < -0.4 is 15.5 Å². The molecular formula is C18H23ClN5O6S+. The van der Waals surface area contributed by atoms with E-state index in [1.165, 1.54) is 26.2 Å². The van der Waals surface area contributed by atoms with E-state index in [9.17, 15) is 18.7 Å². The van der Waals surface area contributed by atoms with Crippen molar-refractivity contribution in [3.05, 3.63) is 40.8 Å². The second-order valence-electron chi connectivity index (χ2n) is 6.88. The summed E-state index contributed by atoms with van der Waals surface area (Å²) in [7, 11) is -1.41. The Morgan fingerprint density at radius 2 is 2.00 bits per heavy atom. The minimum atomic E-state index is -4.04. The fourth-order valence-electron chi connectivity index (χ4n) is 2.84. The number of aromatic nitrogens is 2. The van der Waals surface area contributed by atoms with Gasteiger partial charge in [-0.2, -0.15) is 0 Å². The molecule has 1 atom stereocenters. The number of hydrogen-bond acceptors (Lipinski definition) is 9. The van der Waals surface area contributed by atoms with E-state index in [1.54, 1.807) is 0 Å². The van der Waals surface area contributed by atoms with E-state index in [4.69, 9.17) is 20.6 Å². The Balaban J connectivity index is 1.97. The molecule has 0 aliphatic rings. The van der Waals surface area contributed by atoms with Gasteiger partial charge in [-0.1, -0.05) is 23.2 Å². The zero-order chi connectivity index (χ0) is 22.9. The Bertz CT molecular complexity index is 1190. The summed E-state index contributed by atoms with van der Waals surface area (Å²) < 4.78 is 36.5. The number of hydrogen-bond donors (Lipinski definition) is 4. The normalized spacial score (nSPS) is 12.8. The minimum Gasteiger partial charge on any atom is -0.503 e. The topological polar surface area (TPSA) is 145 Å². The maximum absolute atomic E-state index is 12.6. The quantitative estimate of drug-likeness (QED) is 0.287. The second-order valence-corrected chi connectivity index (χ2v) is 9.38. The molecule has 0 saturated carbocycles. The second kappa shape index (κ2) is 8.65. The number of halogens is 1. The molecule has 3 aromatic rings. The SMILES string of the molecule is CC[C@@H](Nc1no[n+](O)c1Nc1ccc(Cl)c(S(=O)(=O)N(C)C)c1O)c1ccc(C)o1. The number of furan rings is 1. The molecule has 0 saturated heterocycles. The van der Waals surface area contributed by atoms with E-state index in [0.717, 1.165) is 10.1 Å². The third kappa shape index (κ3) is 4.40. The van der Waals surface area contributed by atoms with E-state index in [0.29, 0.717) is 17.1 Å². The van der Waals surface area contributed by atoms with E-state index in [2.05, 4.69) is 15.8 Å². The van der Waals surface area contributed by atoms with Crippen LogP contribution in [-0.4, -0.2) is 42.3 Å². The van der Waals surface area contributed by atoms with Crippen LogP contribution in [-0.2, 0) is 10.0 Å². The number of rotatable bonds is 8. The number of benzene rings is 1. The predicted octanol–water partition coefficient (Wildman–Crippen LogP) is 3.02. The van der Waals surface area contributed by atoms with Crippen LogP contribution in [0.4, 0.5) is 17.3 Å². The average Bonchev–Trinajstić information content (AvgIpc) is 3.28. The number of aryl methyl sites for hydroxylation is 1. The standard InChI is InChI=1S/C18H22ClN5O6S/c1-5-12(14-9-6-10(2)29-14)20-17-18(24(26)30-22-17)21-13-8-7-11(19)16(15(13)25)31(27,28)23(3)4/h6-9,12,26H,5H2,1-4H3,(H2,20,22,25)/p+1/t12-/m1/s1. The van der Waals surface area contributed by atoms with Crippen molar-refractivity contribution in [2.45, 2.75) is 31.2 Å². The summed E-state index contributed by atoms with van der Waals surface area (Å²) in [5, 5.41) is 30.1. The van der Waals surface area contributed by atoms with Gasteiger partial charge in [-0.25, -0.2) is 12.7 Å². The van der Waals surface area contributed by atoms with Crippen molar-refractivity contribution in [3.8, 4) is 5.75 Å². The largest absolute Gasteiger partial charge is 0.503 e. The zero-order valence-corrected chi connectivity index (χ0v) is 18.8. The molecule has 13 heteroatoms. The maximum atomic E-state index is 12.6. The summed E-state index contributed by atoms with van der Waals surface area (Å²) in [6.07, 6.45) is 0.627. The van der Waals surface area contributed by atoms with E-state index >= 15 is 0 Å². The first-order valence-corrected chi connectivity index (χ1v) is 11.0. The Labute approximate surface area is 183 Å². The van der Waals surface area contributed by atoms with Crippen molar-refractivity contribution in [3.63, 3.8) is 0 Å². The maximum Gasteiger partial charge on any atom is 0.370 e. The molecule has 0 fully saturated rings. The van der Waals surface area contributed by atoms with Crippen molar-refractivity contribution in [1.29, 1.82) is 0 Å². The molecule has 0 aliphatic heterocycles. The Morgan fingerprint density at radius 3 is 2.58 bits per heavy atom. The van der Waals surface area contributed by atoms with Gasteiger partial charge in [0.2, 0.25) is 10.0 Å². The van der Waals surface area contributed by atoms with Gasteiger partial charge in [-0.15, -0.1) is 0 Å². The number of aromatic hydroxyl groups is 1. The Kier molecular flexibility index (Phi) is 6.34. The lowest BCUT2D eigenvalue weighted by molar-refractivity contribution is -1.03. The lowest BCUT2D eigenvalue weighted by atomic mass is 10.2. The van der Waals surface area contributed by atoms with Crippen LogP contribution in [0.2, 0.25) is 5.02 Å². The first kappa shape index (κ1) is 22.7. The third-order valence-corrected chi connectivity index (χ3v) is 6.84. The highest BCUT2D eigenvalue weighted by Crippen LogP contribution is 2.39. The zero-order valence-electron chi connectivity index (χ0n) is 17.2. The van der Waals surface area contributed by atoms with Crippen LogP contribution >= 0.6 is 11.6 Å². The summed E-state index contributed by atoms with van der Waals surface area (Å²) in [6, 6.07) is 6.02. The van der Waals surface area contributed by atoms with Gasteiger partial charge in [0.05, 0.1) is 11.1 Å². The van der Waals surface area contributed by atoms with E-state index < -0.39 is 20.7 Å². The van der Waals surface area contributed by atoms with Crippen molar-refractivity contribution in [2.75, 3.05) is 24.7 Å². The molecular weight excluding hydrogens is 450 g/mol. The summed E-state index contributed by atoms with van der Waals surface area (Å²) in [4.78, 5) is -0.131. The van der Waals surface area contributed by atoms with Crippen LogP contribution in [0.3, 0.4) is 0 Å². The first-order chi connectivity index (χ1) is 14.6. The molecule has 3 rings (SSSR count). The molecule has 2 heterocycles. The third-order valence-electron chi connectivity index (χ3n) is 4.52. The summed E-state index contributed by atoms with van der Waals surface area (Å²) >= 11 is 6.03. The summed E-state index contributed by atoms with van der Waals surface area (Å²) in [6.45, 7) is 3.75. The lowest BCUT2D eigenvalue weighted by Gasteiger charge is -2.15. The van der Waals surface area contributed by atoms with E-state index in [1.807, 2.05) is 26.0 Å². The molecule has 31 heavy (non-hydrogen) atoms. The molecule has 1 aromatic carbocycles. The van der Waals surface area contributed by atoms with Gasteiger partial charge in [0.25, 0.3) is 0 Å². The number of anilines is 3. The number of phenolic OH excluding ortho intramolecular Hbond substituents is 1. The highest BCUT2D eigenvalue weighted by molar-refractivity contribution is 7.89. The molecule has 0 aliphatic carbocycles. The van der Waals surface area contributed by atoms with E-state index in [-0.39, 0.29) is 28.4 Å². The molecule has 11 nitrogen and oxygen atoms in total. The summed E-state index contributed by atoms with van der Waals surface area (Å²) in [5.74, 6) is 0.809. The lowest BCUT2D eigenvalue weighted by Crippen LogP contribution is -2.30. The fraction of sp³-hybridized carbons (Fsp3) is 0.333. The minimum absolute atomic E-state index is 0.0410. The molecule has 0 bridgehead atoms. The molecule has 2 aromatic heterocycles. The Morgan fingerprint density at radius 1 is 1.29 bits per heavy atom. The number of nitrogens with one attached hydrogen (secondary N) is 2. The van der Waals surface area contributed by atoms with Crippen LogP contribution in [0.15, 0.2) is 38.2 Å². The van der Waals surface area contributed by atoms with Gasteiger partial charge in [-0.3, -0.25) is 5.32 Å². The van der Waals surface area contributed by atoms with Crippen LogP contribution in [0.1, 0.15) is 30.9 Å². The van der Waals surface area contributed by atoms with Gasteiger partial charge >= 0.3 is 11.6 Å². The van der Waals surface area contributed by atoms with Gasteiger partial charge in [0.15, 0.2) is 5.75 Å². The van der Waals surface area contributed by atoms with Crippen LogP contribution in [0.25, 0.3) is 0 Å². The fourth-order valence-corrected chi connectivity index (χ4v) is 4.32. The Hall–Kier alpha value is -2.96. The van der Waals surface area contributed by atoms with Crippen LogP contribution in [0.5, 0.6) is 5.75 Å². The average molecular weight is 473 g/mol. The first-order valence-electron chi connectivity index (χ1n) is 9.21. The highest BCUT2D eigenvalue weighted by atomic mass is 35.5. The monoisotopic (exact) mass is 472 g/mol. The molecule has 0 spiro atoms. The van der Waals surface area contributed by atoms with Gasteiger partial charge in [0.1, 0.15) is 32.2 Å². The van der Waals surface area contributed by atoms with Crippen molar-refractivity contribution in [2.24, 2.45) is 0 Å². The molecule has 0 unspecified atom stereocenters. The number of sulfonamides is 1. The van der Waals surface area contributed by atoms with Crippen LogP contribution in [0, 0.1) is 6.92 Å². The number of nitrogens with zero attached hydrogens (tertiary/aromatic N) is 3. The highest BCUT2D eigenvalue weighted by Gasteiger charge is 2.32. The van der Waals surface area contributed by atoms with Gasteiger partial charge < -0.3 is 20.0 Å². The summed E-state index contributed by atoms with van der Waals surface area (Å²) in [5.41, 5.74) is -0.0410. The predicted molar refractivity (Wildman–Crippen MR) is 111 cm³/mol. The number of phenols is 1. The van der Waals surface area contributed by atoms with Gasteiger partial charge in [0, 0.05) is 14.1 Å². The van der Waals surface area contributed by atoms with Crippen molar-refractivity contribution < 1.29 is 32.7 Å². The smallest absolute Gasteiger partial charge is 0.370 e. The van der Waals surface area contributed by atoms with Crippen molar-refractivity contribution >= 4 is 38.9 Å².